The summed E-state index contributed by atoms with van der Waals surface area (Å²) in [5.74, 6) is -0.254. The van der Waals surface area contributed by atoms with Crippen LogP contribution in [0.2, 0.25) is 0 Å². The Bertz CT molecular complexity index is 1450. The summed E-state index contributed by atoms with van der Waals surface area (Å²) in [7, 11) is 1.79. The highest BCUT2D eigenvalue weighted by molar-refractivity contribution is 6.00. The number of likely N-dealkylation sites (N-methyl/N-ethyl adjacent to an activating group) is 1. The molecule has 0 spiro atoms. The van der Waals surface area contributed by atoms with Crippen LogP contribution in [0.25, 0.3) is 0 Å². The Morgan fingerprint density at radius 3 is 2.30 bits per heavy atom. The minimum atomic E-state index is -0.502. The van der Waals surface area contributed by atoms with Gasteiger partial charge in [0, 0.05) is 38.3 Å². The second-order valence-electron chi connectivity index (χ2n) is 12.7. The molecule has 4 atom stereocenters. The lowest BCUT2D eigenvalue weighted by Gasteiger charge is -2.36. The van der Waals surface area contributed by atoms with Crippen molar-refractivity contribution in [1.82, 2.24) is 9.80 Å². The van der Waals surface area contributed by atoms with E-state index in [4.69, 9.17) is 9.47 Å². The molecule has 252 valence electrons. The van der Waals surface area contributed by atoms with Gasteiger partial charge in [-0.1, -0.05) is 67.6 Å². The normalized spacial score (nSPS) is 19.9. The standard InChI is InChI=1S/C38H49N3O6/c1-27-24-41(28(2)26-42)38(45)33-23-32(39-36(43)21-30-14-7-5-8-15-30)18-19-34(33)47-29(3)13-11-12-20-46-35(27)25-40(4)37(44)22-31-16-9-6-10-17-31/h5-10,14-19,23,27-29,35,42H,11-13,20-22,24-26H2,1-4H3,(H,39,43)/t27-,28+,29-,35-/m1/s1. The molecule has 4 rings (SSSR count). The van der Waals surface area contributed by atoms with Gasteiger partial charge in [-0.25, -0.2) is 0 Å². The van der Waals surface area contributed by atoms with Crippen molar-refractivity contribution in [2.45, 2.75) is 71.1 Å². The van der Waals surface area contributed by atoms with Crippen molar-refractivity contribution in [2.24, 2.45) is 5.92 Å². The Morgan fingerprint density at radius 2 is 1.64 bits per heavy atom. The van der Waals surface area contributed by atoms with Crippen molar-refractivity contribution < 1.29 is 29.0 Å². The number of hydrogen-bond donors (Lipinski definition) is 2. The van der Waals surface area contributed by atoms with Gasteiger partial charge in [0.1, 0.15) is 5.75 Å². The zero-order chi connectivity index (χ0) is 33.8. The first-order chi connectivity index (χ1) is 22.6. The summed E-state index contributed by atoms with van der Waals surface area (Å²) >= 11 is 0. The second-order valence-corrected chi connectivity index (χ2v) is 12.7. The maximum Gasteiger partial charge on any atom is 0.258 e. The predicted octanol–water partition coefficient (Wildman–Crippen LogP) is 5.36. The molecule has 0 unspecified atom stereocenters. The Balaban J connectivity index is 1.58. The lowest BCUT2D eigenvalue weighted by molar-refractivity contribution is -0.131. The number of hydrogen-bond acceptors (Lipinski definition) is 6. The molecule has 9 nitrogen and oxygen atoms in total. The molecule has 0 aromatic heterocycles. The van der Waals surface area contributed by atoms with E-state index in [1.807, 2.05) is 74.5 Å². The Morgan fingerprint density at radius 1 is 0.979 bits per heavy atom. The van der Waals surface area contributed by atoms with E-state index in [2.05, 4.69) is 5.32 Å². The number of nitrogens with zero attached hydrogens (tertiary/aromatic N) is 2. The number of amides is 3. The van der Waals surface area contributed by atoms with Gasteiger partial charge in [0.05, 0.1) is 43.3 Å². The number of nitrogens with one attached hydrogen (secondary N) is 1. The van der Waals surface area contributed by atoms with Gasteiger partial charge in [0.25, 0.3) is 5.91 Å². The third-order valence-electron chi connectivity index (χ3n) is 8.62. The van der Waals surface area contributed by atoms with Crippen LogP contribution in [-0.4, -0.2) is 84.2 Å². The molecule has 0 radical (unpaired) electrons. The van der Waals surface area contributed by atoms with Gasteiger partial charge >= 0.3 is 0 Å². The first-order valence-electron chi connectivity index (χ1n) is 16.6. The van der Waals surface area contributed by atoms with E-state index in [9.17, 15) is 19.5 Å². The van der Waals surface area contributed by atoms with E-state index >= 15 is 0 Å². The smallest absolute Gasteiger partial charge is 0.258 e. The van der Waals surface area contributed by atoms with Gasteiger partial charge in [0.15, 0.2) is 0 Å². The molecular formula is C38H49N3O6. The molecular weight excluding hydrogens is 594 g/mol. The molecule has 0 saturated heterocycles. The molecule has 1 heterocycles. The quantitative estimate of drug-likeness (QED) is 0.325. The third-order valence-corrected chi connectivity index (χ3v) is 8.62. The third kappa shape index (κ3) is 10.7. The topological polar surface area (TPSA) is 108 Å². The number of rotatable bonds is 9. The predicted molar refractivity (Wildman–Crippen MR) is 183 cm³/mol. The van der Waals surface area contributed by atoms with E-state index in [0.29, 0.717) is 36.6 Å². The molecule has 2 N–H and O–H groups in total. The summed E-state index contributed by atoms with van der Waals surface area (Å²) in [5.41, 5.74) is 2.63. The molecule has 9 heteroatoms. The average molecular weight is 644 g/mol. The van der Waals surface area contributed by atoms with Crippen LogP contribution in [0.15, 0.2) is 78.9 Å². The van der Waals surface area contributed by atoms with Crippen LogP contribution in [0.4, 0.5) is 5.69 Å². The summed E-state index contributed by atoms with van der Waals surface area (Å²) in [4.78, 5) is 43.7. The minimum absolute atomic E-state index is 0.00944. The number of ether oxygens (including phenoxy) is 2. The number of anilines is 1. The molecule has 1 aliphatic heterocycles. The maximum absolute atomic E-state index is 14.3. The molecule has 3 aromatic carbocycles. The number of fused-ring (bicyclic) bond motifs is 1. The first-order valence-corrected chi connectivity index (χ1v) is 16.6. The maximum atomic E-state index is 14.3. The largest absolute Gasteiger partial charge is 0.490 e. The van der Waals surface area contributed by atoms with Crippen LogP contribution in [0, 0.1) is 5.92 Å². The summed E-state index contributed by atoms with van der Waals surface area (Å²) in [5, 5.41) is 13.2. The fourth-order valence-electron chi connectivity index (χ4n) is 5.73. The zero-order valence-electron chi connectivity index (χ0n) is 28.1. The number of carbonyl (C=O) groups excluding carboxylic acids is 3. The molecule has 3 aromatic rings. The lowest BCUT2D eigenvalue weighted by Crippen LogP contribution is -2.48. The molecule has 1 aliphatic rings. The van der Waals surface area contributed by atoms with Crippen LogP contribution in [-0.2, 0) is 27.2 Å². The molecule has 0 bridgehead atoms. The SMILES string of the molecule is C[C@@H]1CCCCO[C@H](CN(C)C(=O)Cc2ccccc2)[C@H](C)CN([C@@H](C)CO)C(=O)c2cc(NC(=O)Cc3ccccc3)ccc2O1. The summed E-state index contributed by atoms with van der Waals surface area (Å²) < 4.78 is 12.7. The van der Waals surface area contributed by atoms with Crippen molar-refractivity contribution in [1.29, 1.82) is 0 Å². The Hall–Kier alpha value is -4.21. The van der Waals surface area contributed by atoms with Gasteiger partial charge in [-0.3, -0.25) is 14.4 Å². The summed E-state index contributed by atoms with van der Waals surface area (Å²) in [6, 6.07) is 23.8. The first kappa shape index (κ1) is 35.6. The molecule has 47 heavy (non-hydrogen) atoms. The van der Waals surface area contributed by atoms with E-state index < -0.39 is 6.04 Å². The van der Waals surface area contributed by atoms with Gasteiger partial charge in [-0.15, -0.1) is 0 Å². The van der Waals surface area contributed by atoms with Crippen LogP contribution in [0.3, 0.4) is 0 Å². The number of benzene rings is 3. The molecule has 0 fully saturated rings. The zero-order valence-corrected chi connectivity index (χ0v) is 28.1. The van der Waals surface area contributed by atoms with E-state index in [1.165, 1.54) is 0 Å². The van der Waals surface area contributed by atoms with E-state index in [-0.39, 0.29) is 55.4 Å². The average Bonchev–Trinajstić information content (AvgIpc) is 3.06. The highest BCUT2D eigenvalue weighted by Gasteiger charge is 2.31. The van der Waals surface area contributed by atoms with Crippen molar-refractivity contribution in [3.8, 4) is 5.75 Å². The van der Waals surface area contributed by atoms with Gasteiger partial charge in [-0.05, 0) is 62.4 Å². The van der Waals surface area contributed by atoms with Crippen LogP contribution in [0.5, 0.6) is 5.75 Å². The summed E-state index contributed by atoms with van der Waals surface area (Å²) in [6.07, 6.45) is 2.46. The highest BCUT2D eigenvalue weighted by atomic mass is 16.5. The van der Waals surface area contributed by atoms with E-state index in [1.54, 1.807) is 42.0 Å². The second kappa shape index (κ2) is 17.6. The van der Waals surface area contributed by atoms with Crippen molar-refractivity contribution in [3.63, 3.8) is 0 Å². The van der Waals surface area contributed by atoms with Crippen LogP contribution >= 0.6 is 0 Å². The fraction of sp³-hybridized carbons (Fsp3) is 0.447. The molecule has 0 aliphatic carbocycles. The number of carbonyl (C=O) groups is 3. The number of aliphatic hydroxyl groups is 1. The van der Waals surface area contributed by atoms with Crippen LogP contribution < -0.4 is 10.1 Å². The number of aliphatic hydroxyl groups excluding tert-OH is 1. The Labute approximate surface area is 278 Å². The van der Waals surface area contributed by atoms with Crippen molar-refractivity contribution >= 4 is 23.4 Å². The van der Waals surface area contributed by atoms with Gasteiger partial charge < -0.3 is 29.7 Å². The molecule has 3 amide bonds. The highest BCUT2D eigenvalue weighted by Crippen LogP contribution is 2.28. The Kier molecular flexibility index (Phi) is 13.4. The minimum Gasteiger partial charge on any atom is -0.490 e. The van der Waals surface area contributed by atoms with E-state index in [0.717, 1.165) is 30.4 Å². The summed E-state index contributed by atoms with van der Waals surface area (Å²) in [6.45, 7) is 6.72. The van der Waals surface area contributed by atoms with Gasteiger partial charge in [-0.2, -0.15) is 0 Å². The molecule has 0 saturated carbocycles. The van der Waals surface area contributed by atoms with Gasteiger partial charge in [0.2, 0.25) is 11.8 Å². The van der Waals surface area contributed by atoms with Crippen LogP contribution in [0.1, 0.15) is 61.5 Å². The fourth-order valence-corrected chi connectivity index (χ4v) is 5.73. The van der Waals surface area contributed by atoms with Crippen molar-refractivity contribution in [2.75, 3.05) is 38.7 Å². The monoisotopic (exact) mass is 643 g/mol. The lowest BCUT2D eigenvalue weighted by atomic mass is 10.0. The van der Waals surface area contributed by atoms with Crippen molar-refractivity contribution in [3.05, 3.63) is 95.6 Å².